The van der Waals surface area contributed by atoms with Crippen molar-refractivity contribution in [3.63, 3.8) is 0 Å². The summed E-state index contributed by atoms with van der Waals surface area (Å²) >= 11 is 1.64. The third-order valence-electron chi connectivity index (χ3n) is 4.28. The average Bonchev–Trinajstić information content (AvgIpc) is 3.31. The van der Waals surface area contributed by atoms with Crippen LogP contribution in [0.4, 0.5) is 0 Å². The molecule has 1 N–H and O–H groups in total. The highest BCUT2D eigenvalue weighted by atomic mass is 32.1. The lowest BCUT2D eigenvalue weighted by molar-refractivity contribution is 0.0951. The number of carbonyl (C=O) groups excluding carboxylic acids is 1. The van der Waals surface area contributed by atoms with Crippen molar-refractivity contribution in [3.05, 3.63) is 65.1 Å². The van der Waals surface area contributed by atoms with Crippen molar-refractivity contribution in [2.75, 3.05) is 0 Å². The number of nitrogens with zero attached hydrogens (tertiary/aromatic N) is 4. The summed E-state index contributed by atoms with van der Waals surface area (Å²) in [4.78, 5) is 21.5. The maximum atomic E-state index is 12.5. The third-order valence-corrected chi connectivity index (χ3v) is 5.44. The van der Waals surface area contributed by atoms with Gasteiger partial charge in [0.2, 0.25) is 0 Å². The van der Waals surface area contributed by atoms with Crippen molar-refractivity contribution in [3.8, 4) is 11.3 Å². The summed E-state index contributed by atoms with van der Waals surface area (Å²) in [6.45, 7) is 2.51. The van der Waals surface area contributed by atoms with E-state index in [2.05, 4.69) is 27.3 Å². The molecule has 0 unspecified atom stereocenters. The molecule has 3 heterocycles. The largest absolute Gasteiger partial charge is 0.348 e. The zero-order valence-corrected chi connectivity index (χ0v) is 16.0. The molecule has 0 radical (unpaired) electrons. The molecule has 0 aliphatic heterocycles. The normalized spacial score (nSPS) is 11.0. The van der Waals surface area contributed by atoms with Crippen molar-refractivity contribution in [1.29, 1.82) is 0 Å². The minimum absolute atomic E-state index is 0.0975. The van der Waals surface area contributed by atoms with Crippen LogP contribution in [-0.4, -0.2) is 25.7 Å². The van der Waals surface area contributed by atoms with Gasteiger partial charge in [0.05, 0.1) is 27.1 Å². The van der Waals surface area contributed by atoms with Crippen LogP contribution in [0.5, 0.6) is 0 Å². The van der Waals surface area contributed by atoms with Crippen molar-refractivity contribution >= 4 is 27.5 Å². The lowest BCUT2D eigenvalue weighted by Gasteiger charge is -2.06. The number of aromatic nitrogens is 4. The van der Waals surface area contributed by atoms with Gasteiger partial charge in [-0.1, -0.05) is 13.0 Å². The first-order valence-corrected chi connectivity index (χ1v) is 9.55. The number of amides is 1. The molecule has 1 aromatic carbocycles. The molecule has 0 aliphatic rings. The predicted octanol–water partition coefficient (Wildman–Crippen LogP) is 3.58. The Morgan fingerprint density at radius 3 is 2.81 bits per heavy atom. The van der Waals surface area contributed by atoms with Gasteiger partial charge in [-0.15, -0.1) is 11.3 Å². The Morgan fingerprint density at radius 2 is 2.11 bits per heavy atom. The molecule has 0 bridgehead atoms. The summed E-state index contributed by atoms with van der Waals surface area (Å²) in [6.07, 6.45) is 6.39. The highest BCUT2D eigenvalue weighted by Crippen LogP contribution is 2.23. The van der Waals surface area contributed by atoms with Gasteiger partial charge in [-0.25, -0.2) is 4.98 Å². The van der Waals surface area contributed by atoms with Crippen LogP contribution >= 0.6 is 11.3 Å². The first kappa shape index (κ1) is 17.4. The SMILES string of the molecule is CCc1nc2ccc(C(=O)NCc3ccc(-c4cnn(C)c4)nc3)cc2s1. The van der Waals surface area contributed by atoms with E-state index >= 15 is 0 Å². The van der Waals surface area contributed by atoms with Gasteiger partial charge in [0.1, 0.15) is 0 Å². The Bertz CT molecular complexity index is 1100. The monoisotopic (exact) mass is 377 g/mol. The Labute approximate surface area is 160 Å². The van der Waals surface area contributed by atoms with Crippen LogP contribution in [0.15, 0.2) is 48.9 Å². The van der Waals surface area contributed by atoms with Gasteiger partial charge in [0.25, 0.3) is 5.91 Å². The molecule has 6 nitrogen and oxygen atoms in total. The van der Waals surface area contributed by atoms with Crippen molar-refractivity contribution < 1.29 is 4.79 Å². The van der Waals surface area contributed by atoms with Crippen LogP contribution in [0.2, 0.25) is 0 Å². The van der Waals surface area contributed by atoms with Gasteiger partial charge in [-0.05, 0) is 36.2 Å². The molecule has 0 saturated heterocycles. The second-order valence-electron chi connectivity index (χ2n) is 6.28. The molecule has 0 saturated carbocycles. The summed E-state index contributed by atoms with van der Waals surface area (Å²) in [5.41, 5.74) is 4.37. The Hall–Kier alpha value is -3.06. The molecule has 27 heavy (non-hydrogen) atoms. The second kappa shape index (κ2) is 7.28. The van der Waals surface area contributed by atoms with E-state index in [9.17, 15) is 4.79 Å². The fourth-order valence-electron chi connectivity index (χ4n) is 2.80. The smallest absolute Gasteiger partial charge is 0.251 e. The van der Waals surface area contributed by atoms with E-state index in [1.54, 1.807) is 28.4 Å². The zero-order valence-electron chi connectivity index (χ0n) is 15.1. The van der Waals surface area contributed by atoms with E-state index in [1.165, 1.54) is 0 Å². The van der Waals surface area contributed by atoms with Crippen LogP contribution in [0.25, 0.3) is 21.5 Å². The Morgan fingerprint density at radius 1 is 1.22 bits per heavy atom. The molecule has 0 atom stereocenters. The lowest BCUT2D eigenvalue weighted by atomic mass is 10.2. The van der Waals surface area contributed by atoms with Crippen LogP contribution in [0.3, 0.4) is 0 Å². The number of rotatable bonds is 5. The standard InChI is InChI=1S/C20H19N5OS/c1-3-19-24-17-7-5-14(8-18(17)27-19)20(26)22-10-13-4-6-16(21-9-13)15-11-23-25(2)12-15/h4-9,11-12H,3,10H2,1-2H3,(H,22,26). The molecule has 1 amide bonds. The van der Waals surface area contributed by atoms with Crippen molar-refractivity contribution in [1.82, 2.24) is 25.1 Å². The summed E-state index contributed by atoms with van der Waals surface area (Å²) in [6, 6.07) is 9.54. The van der Waals surface area contributed by atoms with E-state index in [1.807, 2.05) is 43.6 Å². The molecule has 0 fully saturated rings. The maximum Gasteiger partial charge on any atom is 0.251 e. The number of hydrogen-bond acceptors (Lipinski definition) is 5. The zero-order chi connectivity index (χ0) is 18.8. The fraction of sp³-hybridized carbons (Fsp3) is 0.200. The summed E-state index contributed by atoms with van der Waals surface area (Å²) in [5.74, 6) is -0.0975. The molecular formula is C20H19N5OS. The Kier molecular flexibility index (Phi) is 4.68. The average molecular weight is 377 g/mol. The number of carbonyl (C=O) groups is 1. The van der Waals surface area contributed by atoms with Gasteiger partial charge in [0.15, 0.2) is 0 Å². The number of hydrogen-bond donors (Lipinski definition) is 1. The van der Waals surface area contributed by atoms with Gasteiger partial charge in [0, 0.05) is 37.1 Å². The van der Waals surface area contributed by atoms with E-state index in [4.69, 9.17) is 0 Å². The highest BCUT2D eigenvalue weighted by Gasteiger charge is 2.09. The number of pyridine rings is 1. The molecular weight excluding hydrogens is 358 g/mol. The Balaban J connectivity index is 1.42. The lowest BCUT2D eigenvalue weighted by Crippen LogP contribution is -2.22. The first-order valence-electron chi connectivity index (χ1n) is 8.74. The minimum Gasteiger partial charge on any atom is -0.348 e. The maximum absolute atomic E-state index is 12.5. The van der Waals surface area contributed by atoms with Gasteiger partial charge in [-0.3, -0.25) is 14.5 Å². The van der Waals surface area contributed by atoms with Crippen LogP contribution < -0.4 is 5.32 Å². The first-order chi connectivity index (χ1) is 13.1. The second-order valence-corrected chi connectivity index (χ2v) is 7.40. The number of benzene rings is 1. The van der Waals surface area contributed by atoms with E-state index in [-0.39, 0.29) is 5.91 Å². The van der Waals surface area contributed by atoms with Crippen LogP contribution in [0, 0.1) is 0 Å². The summed E-state index contributed by atoms with van der Waals surface area (Å²) in [5, 5.41) is 8.19. The molecule has 7 heteroatoms. The molecule has 4 aromatic rings. The number of aryl methyl sites for hydroxylation is 2. The third kappa shape index (κ3) is 3.73. The number of fused-ring (bicyclic) bond motifs is 1. The fourth-order valence-corrected chi connectivity index (χ4v) is 3.75. The quantitative estimate of drug-likeness (QED) is 0.577. The van der Waals surface area contributed by atoms with Crippen LogP contribution in [-0.2, 0) is 20.0 Å². The summed E-state index contributed by atoms with van der Waals surface area (Å²) < 4.78 is 2.79. The van der Waals surface area contributed by atoms with E-state index in [0.29, 0.717) is 12.1 Å². The topological polar surface area (TPSA) is 72.7 Å². The van der Waals surface area contributed by atoms with Gasteiger partial charge >= 0.3 is 0 Å². The molecule has 0 aliphatic carbocycles. The van der Waals surface area contributed by atoms with Gasteiger partial charge in [-0.2, -0.15) is 5.10 Å². The minimum atomic E-state index is -0.0975. The predicted molar refractivity (Wildman–Crippen MR) is 107 cm³/mol. The molecule has 3 aromatic heterocycles. The summed E-state index contributed by atoms with van der Waals surface area (Å²) in [7, 11) is 1.88. The molecule has 0 spiro atoms. The molecule has 4 rings (SSSR count). The van der Waals surface area contributed by atoms with Crippen LogP contribution in [0.1, 0.15) is 27.9 Å². The number of nitrogens with one attached hydrogen (secondary N) is 1. The number of thiazole rings is 1. The highest BCUT2D eigenvalue weighted by molar-refractivity contribution is 7.18. The van der Waals surface area contributed by atoms with E-state index < -0.39 is 0 Å². The van der Waals surface area contributed by atoms with Crippen molar-refractivity contribution in [2.24, 2.45) is 7.05 Å². The molecule has 136 valence electrons. The van der Waals surface area contributed by atoms with E-state index in [0.717, 1.165) is 38.5 Å². The van der Waals surface area contributed by atoms with Gasteiger partial charge < -0.3 is 5.32 Å². The van der Waals surface area contributed by atoms with Crippen molar-refractivity contribution in [2.45, 2.75) is 19.9 Å².